The second-order valence-electron chi connectivity index (χ2n) is 10.4. The van der Waals surface area contributed by atoms with Crippen molar-refractivity contribution in [3.8, 4) is 11.1 Å². The molecule has 1 aliphatic rings. The molecular formula is C35H37NO5S. The number of amides is 1. The van der Waals surface area contributed by atoms with Gasteiger partial charge in [0.15, 0.2) is 6.29 Å². The Morgan fingerprint density at radius 3 is 2.24 bits per heavy atom. The average Bonchev–Trinajstić information content (AvgIpc) is 3.05. The number of aliphatic hydroxyl groups excluding tert-OH is 2. The smallest absolute Gasteiger partial charge is 0.251 e. The minimum atomic E-state index is -0.544. The monoisotopic (exact) mass is 583 g/mol. The fourth-order valence-electron chi connectivity index (χ4n) is 5.22. The highest BCUT2D eigenvalue weighted by molar-refractivity contribution is 7.99. The number of thioether (sulfide) groups is 1. The molecular weight excluding hydrogens is 546 g/mol. The summed E-state index contributed by atoms with van der Waals surface area (Å²) in [5.74, 6) is 1.42. The van der Waals surface area contributed by atoms with Crippen molar-refractivity contribution in [2.75, 3.05) is 18.1 Å². The molecule has 0 saturated carbocycles. The summed E-state index contributed by atoms with van der Waals surface area (Å²) in [4.78, 5) is 12.6. The summed E-state index contributed by atoms with van der Waals surface area (Å²) in [7, 11) is 0. The largest absolute Gasteiger partial charge is 0.396 e. The Balaban J connectivity index is 1.33. The first-order chi connectivity index (χ1) is 20.6. The molecule has 4 unspecified atom stereocenters. The van der Waals surface area contributed by atoms with Crippen molar-refractivity contribution >= 4 is 17.7 Å². The van der Waals surface area contributed by atoms with Gasteiger partial charge in [-0.1, -0.05) is 97.9 Å². The molecule has 0 bridgehead atoms. The number of ether oxygens (including phenoxy) is 2. The zero-order chi connectivity index (χ0) is 29.3. The van der Waals surface area contributed by atoms with E-state index in [9.17, 15) is 15.0 Å². The Kier molecular flexibility index (Phi) is 10.5. The van der Waals surface area contributed by atoms with E-state index < -0.39 is 6.29 Å². The molecule has 4 atom stereocenters. The molecule has 1 saturated heterocycles. The molecule has 0 spiro atoms. The van der Waals surface area contributed by atoms with Gasteiger partial charge in [0, 0.05) is 35.1 Å². The molecule has 1 heterocycles. The van der Waals surface area contributed by atoms with E-state index >= 15 is 0 Å². The lowest BCUT2D eigenvalue weighted by Crippen LogP contribution is -2.38. The van der Waals surface area contributed by atoms with Crippen molar-refractivity contribution in [2.24, 2.45) is 5.92 Å². The summed E-state index contributed by atoms with van der Waals surface area (Å²) in [5, 5.41) is 21.8. The molecule has 218 valence electrons. The number of carbonyl (C=O) groups is 1. The second-order valence-corrected chi connectivity index (χ2v) is 11.6. The Labute approximate surface area is 251 Å². The topological polar surface area (TPSA) is 88.0 Å². The fourth-order valence-corrected chi connectivity index (χ4v) is 6.13. The van der Waals surface area contributed by atoms with Crippen molar-refractivity contribution in [3.05, 3.63) is 131 Å². The third-order valence-corrected chi connectivity index (χ3v) is 8.66. The van der Waals surface area contributed by atoms with Crippen LogP contribution in [0.1, 0.15) is 51.9 Å². The first-order valence-electron chi connectivity index (χ1n) is 14.3. The van der Waals surface area contributed by atoms with Crippen LogP contribution in [-0.2, 0) is 22.6 Å². The van der Waals surface area contributed by atoms with Crippen LogP contribution in [0.2, 0.25) is 0 Å². The van der Waals surface area contributed by atoms with E-state index in [0.717, 1.165) is 39.1 Å². The molecule has 3 N–H and O–H groups in total. The number of hydrogen-bond acceptors (Lipinski definition) is 6. The first kappa shape index (κ1) is 30.0. The summed E-state index contributed by atoms with van der Waals surface area (Å²) in [6.07, 6.45) is -0.779. The number of aliphatic hydroxyl groups is 2. The standard InChI is InChI=1S/C35H37NO5S/c1-24-32(23-42-20-19-37)40-35(41-33(24)27-13-11-25(22-38)12-14-27)29-17-15-26(16-18-29)31-10-6-5-9-30(31)21-36-34(39)28-7-3-2-4-8-28/h2-18,24,32-33,35,37-38H,19-23H2,1H3,(H,36,39). The van der Waals surface area contributed by atoms with Gasteiger partial charge in [0.2, 0.25) is 0 Å². The number of carbonyl (C=O) groups excluding carboxylic acids is 1. The molecule has 4 aromatic rings. The van der Waals surface area contributed by atoms with Gasteiger partial charge in [-0.2, -0.15) is 11.8 Å². The van der Waals surface area contributed by atoms with Gasteiger partial charge >= 0.3 is 0 Å². The summed E-state index contributed by atoms with van der Waals surface area (Å²) < 4.78 is 13.1. The average molecular weight is 584 g/mol. The summed E-state index contributed by atoms with van der Waals surface area (Å²) in [6.45, 7) is 2.70. The van der Waals surface area contributed by atoms with E-state index in [1.807, 2.05) is 72.8 Å². The van der Waals surface area contributed by atoms with Crippen molar-refractivity contribution in [3.63, 3.8) is 0 Å². The van der Waals surface area contributed by atoms with Crippen LogP contribution in [0.15, 0.2) is 103 Å². The Bertz CT molecular complexity index is 1430. The van der Waals surface area contributed by atoms with Crippen LogP contribution in [0.25, 0.3) is 11.1 Å². The highest BCUT2D eigenvalue weighted by atomic mass is 32.2. The molecule has 6 nitrogen and oxygen atoms in total. The van der Waals surface area contributed by atoms with Gasteiger partial charge in [-0.25, -0.2) is 0 Å². The van der Waals surface area contributed by atoms with Crippen molar-refractivity contribution in [2.45, 2.75) is 38.6 Å². The van der Waals surface area contributed by atoms with Crippen LogP contribution in [0, 0.1) is 5.92 Å². The molecule has 1 amide bonds. The van der Waals surface area contributed by atoms with Crippen molar-refractivity contribution < 1.29 is 24.5 Å². The van der Waals surface area contributed by atoms with Gasteiger partial charge in [0.25, 0.3) is 5.91 Å². The van der Waals surface area contributed by atoms with E-state index in [1.54, 1.807) is 23.9 Å². The van der Waals surface area contributed by atoms with Gasteiger partial charge in [-0.3, -0.25) is 4.79 Å². The number of rotatable bonds is 11. The van der Waals surface area contributed by atoms with Gasteiger partial charge in [-0.05, 0) is 39.9 Å². The van der Waals surface area contributed by atoms with Gasteiger partial charge < -0.3 is 25.0 Å². The van der Waals surface area contributed by atoms with Crippen LogP contribution in [0.5, 0.6) is 0 Å². The fraction of sp³-hybridized carbons (Fsp3) is 0.286. The molecule has 1 fully saturated rings. The van der Waals surface area contributed by atoms with Crippen LogP contribution in [0.3, 0.4) is 0 Å². The first-order valence-corrected chi connectivity index (χ1v) is 15.4. The molecule has 4 aromatic carbocycles. The minimum absolute atomic E-state index is 0.00237. The van der Waals surface area contributed by atoms with Crippen LogP contribution < -0.4 is 5.32 Å². The lowest BCUT2D eigenvalue weighted by atomic mass is 9.91. The lowest BCUT2D eigenvalue weighted by Gasteiger charge is -2.41. The Morgan fingerprint density at radius 2 is 1.52 bits per heavy atom. The van der Waals surface area contributed by atoms with Gasteiger partial charge in [0.1, 0.15) is 0 Å². The predicted molar refractivity (Wildman–Crippen MR) is 167 cm³/mol. The van der Waals surface area contributed by atoms with Crippen molar-refractivity contribution in [1.82, 2.24) is 5.32 Å². The summed E-state index contributed by atoms with van der Waals surface area (Å²) in [6, 6.07) is 33.4. The van der Waals surface area contributed by atoms with Crippen LogP contribution in [-0.4, -0.2) is 40.3 Å². The van der Waals surface area contributed by atoms with E-state index in [-0.39, 0.29) is 37.2 Å². The zero-order valence-electron chi connectivity index (χ0n) is 23.7. The number of benzene rings is 4. The molecule has 42 heavy (non-hydrogen) atoms. The maximum atomic E-state index is 12.6. The molecule has 1 aliphatic heterocycles. The normalized spacial score (nSPS) is 20.3. The van der Waals surface area contributed by atoms with Crippen LogP contribution in [0.4, 0.5) is 0 Å². The minimum Gasteiger partial charge on any atom is -0.396 e. The SMILES string of the molecule is CC1C(CSCCO)OC(c2ccc(-c3ccccc3CNC(=O)c3ccccc3)cc2)OC1c1ccc(CO)cc1. The number of nitrogens with one attached hydrogen (secondary N) is 1. The van der Waals surface area contributed by atoms with Crippen LogP contribution >= 0.6 is 11.8 Å². The van der Waals surface area contributed by atoms with Gasteiger partial charge in [-0.15, -0.1) is 0 Å². The second kappa shape index (κ2) is 14.6. The van der Waals surface area contributed by atoms with E-state index in [0.29, 0.717) is 17.9 Å². The molecule has 5 rings (SSSR count). The molecule has 7 heteroatoms. The molecule has 0 radical (unpaired) electrons. The Hall–Kier alpha value is -3.46. The third kappa shape index (κ3) is 7.30. The van der Waals surface area contributed by atoms with Gasteiger partial charge in [0.05, 0.1) is 25.4 Å². The number of hydrogen-bond donors (Lipinski definition) is 3. The van der Waals surface area contributed by atoms with E-state index in [4.69, 9.17) is 9.47 Å². The molecule has 0 aromatic heterocycles. The van der Waals surface area contributed by atoms with Crippen molar-refractivity contribution in [1.29, 1.82) is 0 Å². The third-order valence-electron chi connectivity index (χ3n) is 7.63. The highest BCUT2D eigenvalue weighted by Crippen LogP contribution is 2.42. The highest BCUT2D eigenvalue weighted by Gasteiger charge is 2.38. The summed E-state index contributed by atoms with van der Waals surface area (Å²) >= 11 is 1.68. The van der Waals surface area contributed by atoms with E-state index in [2.05, 4.69) is 30.4 Å². The van der Waals surface area contributed by atoms with E-state index in [1.165, 1.54) is 0 Å². The zero-order valence-corrected chi connectivity index (χ0v) is 24.5. The molecule has 0 aliphatic carbocycles. The summed E-state index contributed by atoms with van der Waals surface area (Å²) in [5.41, 5.74) is 6.59. The lowest BCUT2D eigenvalue weighted by molar-refractivity contribution is -0.268. The maximum Gasteiger partial charge on any atom is 0.251 e. The maximum absolute atomic E-state index is 12.6. The predicted octanol–water partition coefficient (Wildman–Crippen LogP) is 6.29. The quantitative estimate of drug-likeness (QED) is 0.180. The Morgan fingerprint density at radius 1 is 0.833 bits per heavy atom.